The lowest BCUT2D eigenvalue weighted by atomic mass is 9.99. The lowest BCUT2D eigenvalue weighted by Gasteiger charge is -2.25. The van der Waals surface area contributed by atoms with Gasteiger partial charge in [-0.05, 0) is 67.4 Å². The Hall–Kier alpha value is -4.79. The Kier molecular flexibility index (Phi) is 6.98. The lowest BCUT2D eigenvalue weighted by Crippen LogP contribution is -2.28. The fourth-order valence-electron chi connectivity index (χ4n) is 4.91. The fraction of sp³-hybridized carbons (Fsp3) is 0.200. The average molecular weight is 525 g/mol. The molecule has 198 valence electrons. The van der Waals surface area contributed by atoms with Crippen LogP contribution in [-0.4, -0.2) is 31.4 Å². The summed E-state index contributed by atoms with van der Waals surface area (Å²) in [6.45, 7) is 4.07. The Labute approximate surface area is 225 Å². The van der Waals surface area contributed by atoms with Crippen LogP contribution in [0, 0.1) is 18.7 Å². The highest BCUT2D eigenvalue weighted by Crippen LogP contribution is 2.40. The van der Waals surface area contributed by atoms with Crippen molar-refractivity contribution in [3.63, 3.8) is 0 Å². The van der Waals surface area contributed by atoms with Gasteiger partial charge in [0.25, 0.3) is 5.91 Å². The molecule has 1 fully saturated rings. The molecule has 2 aromatic heterocycles. The SMILES string of the molecule is Cc1cccc([C@@H]2C[C@@H](C)C(=O)N2c2ccc3c(cnn3-c3ccc(F)cc3)c2)c1.Cn1ccc(C(N)=O)n1. The molecule has 0 bridgehead atoms. The number of anilines is 1. The van der Waals surface area contributed by atoms with Crippen molar-refractivity contribution in [1.29, 1.82) is 0 Å². The molecule has 1 aliphatic heterocycles. The van der Waals surface area contributed by atoms with E-state index in [-0.39, 0.29) is 23.7 Å². The van der Waals surface area contributed by atoms with Crippen LogP contribution in [0.4, 0.5) is 10.1 Å². The van der Waals surface area contributed by atoms with Crippen LogP contribution in [0.25, 0.3) is 16.6 Å². The van der Waals surface area contributed by atoms with Crippen LogP contribution < -0.4 is 10.6 Å². The van der Waals surface area contributed by atoms with Crippen molar-refractivity contribution in [3.8, 4) is 5.69 Å². The number of nitrogens with zero attached hydrogens (tertiary/aromatic N) is 5. The molecule has 8 nitrogen and oxygen atoms in total. The van der Waals surface area contributed by atoms with Crippen molar-refractivity contribution >= 4 is 28.4 Å². The van der Waals surface area contributed by atoms with Crippen LogP contribution in [0.15, 0.2) is 85.2 Å². The zero-order chi connectivity index (χ0) is 27.7. The van der Waals surface area contributed by atoms with Gasteiger partial charge in [0.15, 0.2) is 0 Å². The van der Waals surface area contributed by atoms with Crippen LogP contribution >= 0.6 is 0 Å². The van der Waals surface area contributed by atoms with Gasteiger partial charge < -0.3 is 10.6 Å². The topological polar surface area (TPSA) is 99.0 Å². The first-order chi connectivity index (χ1) is 18.7. The normalized spacial score (nSPS) is 16.8. The van der Waals surface area contributed by atoms with Crippen molar-refractivity contribution in [2.75, 3.05) is 4.90 Å². The zero-order valence-corrected chi connectivity index (χ0v) is 22.0. The van der Waals surface area contributed by atoms with Gasteiger partial charge in [-0.3, -0.25) is 14.3 Å². The number of hydrogen-bond donors (Lipinski definition) is 1. The van der Waals surface area contributed by atoms with Crippen molar-refractivity contribution in [1.82, 2.24) is 19.6 Å². The van der Waals surface area contributed by atoms with E-state index in [1.54, 1.807) is 42.3 Å². The lowest BCUT2D eigenvalue weighted by molar-refractivity contribution is -0.120. The summed E-state index contributed by atoms with van der Waals surface area (Å²) in [4.78, 5) is 25.3. The van der Waals surface area contributed by atoms with Crippen molar-refractivity contribution in [2.45, 2.75) is 26.3 Å². The largest absolute Gasteiger partial charge is 0.364 e. The Balaban J connectivity index is 0.000000292. The maximum Gasteiger partial charge on any atom is 0.269 e. The van der Waals surface area contributed by atoms with Gasteiger partial charge in [-0.15, -0.1) is 0 Å². The predicted octanol–water partition coefficient (Wildman–Crippen LogP) is 5.11. The molecular weight excluding hydrogens is 495 g/mol. The van der Waals surface area contributed by atoms with Crippen molar-refractivity contribution in [3.05, 3.63) is 108 Å². The minimum absolute atomic E-state index is 0.0202. The first-order valence-electron chi connectivity index (χ1n) is 12.6. The molecule has 6 rings (SSSR count). The smallest absolute Gasteiger partial charge is 0.269 e. The maximum absolute atomic E-state index is 13.3. The van der Waals surface area contributed by atoms with Gasteiger partial charge in [-0.1, -0.05) is 36.8 Å². The van der Waals surface area contributed by atoms with Crippen LogP contribution in [0.1, 0.15) is 41.0 Å². The van der Waals surface area contributed by atoms with Gasteiger partial charge in [-0.25, -0.2) is 9.07 Å². The highest BCUT2D eigenvalue weighted by atomic mass is 19.1. The highest BCUT2D eigenvalue weighted by molar-refractivity contribution is 6.00. The number of hydrogen-bond acceptors (Lipinski definition) is 4. The monoisotopic (exact) mass is 524 g/mol. The van der Waals surface area contributed by atoms with Crippen LogP contribution in [0.3, 0.4) is 0 Å². The molecule has 2 atom stereocenters. The van der Waals surface area contributed by atoms with Crippen LogP contribution in [0.2, 0.25) is 0 Å². The summed E-state index contributed by atoms with van der Waals surface area (Å²) in [6, 6.07) is 22.2. The minimum Gasteiger partial charge on any atom is -0.364 e. The Morgan fingerprint density at radius 1 is 1.03 bits per heavy atom. The molecule has 9 heteroatoms. The number of carbonyl (C=O) groups excluding carboxylic acids is 2. The number of fused-ring (bicyclic) bond motifs is 1. The molecule has 2 amide bonds. The number of halogens is 1. The summed E-state index contributed by atoms with van der Waals surface area (Å²) in [5, 5.41) is 9.17. The number of carbonyl (C=O) groups is 2. The Bertz CT molecular complexity index is 1660. The quantitative estimate of drug-likeness (QED) is 0.353. The van der Waals surface area contributed by atoms with E-state index in [9.17, 15) is 14.0 Å². The van der Waals surface area contributed by atoms with Crippen molar-refractivity contribution < 1.29 is 14.0 Å². The summed E-state index contributed by atoms with van der Waals surface area (Å²) >= 11 is 0. The molecule has 0 radical (unpaired) electrons. The van der Waals surface area contributed by atoms with Gasteiger partial charge in [0.2, 0.25) is 5.91 Å². The van der Waals surface area contributed by atoms with E-state index in [1.165, 1.54) is 22.4 Å². The van der Waals surface area contributed by atoms with Crippen molar-refractivity contribution in [2.24, 2.45) is 18.7 Å². The average Bonchev–Trinajstić information content (AvgIpc) is 3.62. The zero-order valence-electron chi connectivity index (χ0n) is 22.0. The number of benzene rings is 3. The van der Waals surface area contributed by atoms with Crippen LogP contribution in [-0.2, 0) is 11.8 Å². The van der Waals surface area contributed by atoms with Gasteiger partial charge >= 0.3 is 0 Å². The molecule has 0 unspecified atom stereocenters. The number of aromatic nitrogens is 4. The van der Waals surface area contributed by atoms with E-state index in [2.05, 4.69) is 35.3 Å². The first kappa shape index (κ1) is 25.8. The summed E-state index contributed by atoms with van der Waals surface area (Å²) < 4.78 is 16.6. The van der Waals surface area contributed by atoms with Gasteiger partial charge in [0, 0.05) is 30.2 Å². The van der Waals surface area contributed by atoms with Crippen LogP contribution in [0.5, 0.6) is 0 Å². The number of primary amides is 1. The second kappa shape index (κ2) is 10.5. The van der Waals surface area contributed by atoms with E-state index < -0.39 is 5.91 Å². The predicted molar refractivity (Wildman–Crippen MR) is 148 cm³/mol. The standard InChI is InChI=1S/C25H22FN3O.C5H7N3O/c1-16-4-3-5-18(12-16)24-13-17(2)25(30)28(24)22-10-11-23-19(14-22)15-27-29(23)21-8-6-20(26)7-9-21;1-8-3-2-4(7-8)5(6)9/h3-12,14-15,17,24H,13H2,1-2H3;2-3H,1H3,(H2,6,9)/t17-,24+;/m1./s1. The van der Waals surface area contributed by atoms with E-state index in [4.69, 9.17) is 5.73 Å². The highest BCUT2D eigenvalue weighted by Gasteiger charge is 2.38. The molecule has 3 aromatic carbocycles. The summed E-state index contributed by atoms with van der Waals surface area (Å²) in [7, 11) is 1.73. The summed E-state index contributed by atoms with van der Waals surface area (Å²) in [6.07, 6.45) is 4.25. The second-order valence-electron chi connectivity index (χ2n) is 9.79. The molecule has 1 saturated heterocycles. The third-order valence-electron chi connectivity index (χ3n) is 6.84. The fourth-order valence-corrected chi connectivity index (χ4v) is 4.91. The number of aryl methyl sites for hydroxylation is 2. The van der Waals surface area contributed by atoms with E-state index in [0.29, 0.717) is 5.69 Å². The number of rotatable bonds is 4. The summed E-state index contributed by atoms with van der Waals surface area (Å²) in [5.74, 6) is -0.642. The molecule has 0 saturated carbocycles. The molecule has 0 spiro atoms. The van der Waals surface area contributed by atoms with Gasteiger partial charge in [0.1, 0.15) is 11.5 Å². The molecule has 3 heterocycles. The second-order valence-corrected chi connectivity index (χ2v) is 9.79. The van der Waals surface area contributed by atoms with Gasteiger partial charge in [0.05, 0.1) is 23.4 Å². The third-order valence-corrected chi connectivity index (χ3v) is 6.84. The Morgan fingerprint density at radius 3 is 2.41 bits per heavy atom. The molecule has 39 heavy (non-hydrogen) atoms. The minimum atomic E-state index is -0.490. The van der Waals surface area contributed by atoms with E-state index >= 15 is 0 Å². The van der Waals surface area contributed by atoms with Gasteiger partial charge in [-0.2, -0.15) is 10.2 Å². The van der Waals surface area contributed by atoms with E-state index in [1.807, 2.05) is 36.1 Å². The summed E-state index contributed by atoms with van der Waals surface area (Å²) in [5.41, 5.74) is 10.2. The number of amides is 2. The number of nitrogens with two attached hydrogens (primary N) is 1. The molecular formula is C30H29FN6O2. The maximum atomic E-state index is 13.3. The molecule has 5 aromatic rings. The molecule has 2 N–H and O–H groups in total. The molecule has 0 aliphatic carbocycles. The van der Waals surface area contributed by atoms with E-state index in [0.717, 1.165) is 34.3 Å². The third kappa shape index (κ3) is 5.29. The first-order valence-corrected chi connectivity index (χ1v) is 12.6. The molecule has 1 aliphatic rings. The Morgan fingerprint density at radius 2 is 1.77 bits per heavy atom.